The Hall–Kier alpha value is -7.77. The molecule has 0 aliphatic rings. The molecule has 11 rings (SSSR count). The van der Waals surface area contributed by atoms with Crippen LogP contribution in [0.5, 0.6) is 0 Å². The van der Waals surface area contributed by atoms with E-state index in [9.17, 15) is 13.2 Å². The summed E-state index contributed by atoms with van der Waals surface area (Å²) in [6.07, 6.45) is -4.50. The molecule has 60 heavy (non-hydrogen) atoms. The molecule has 0 aliphatic carbocycles. The Kier molecular flexibility index (Phi) is 8.23. The third-order valence-electron chi connectivity index (χ3n) is 11.4. The van der Waals surface area contributed by atoms with Crippen molar-refractivity contribution in [1.29, 1.82) is 0 Å². The van der Waals surface area contributed by atoms with Crippen LogP contribution in [0.2, 0.25) is 0 Å². The van der Waals surface area contributed by atoms with Gasteiger partial charge in [0.1, 0.15) is 0 Å². The van der Waals surface area contributed by atoms with Crippen LogP contribution < -0.4 is 0 Å². The van der Waals surface area contributed by atoms with Crippen molar-refractivity contribution in [1.82, 2.24) is 19.1 Å². The molecule has 0 N–H and O–H groups in total. The van der Waals surface area contributed by atoms with E-state index in [-0.39, 0.29) is 0 Å². The molecule has 4 nitrogen and oxygen atoms in total. The molecule has 0 bridgehead atoms. The van der Waals surface area contributed by atoms with E-state index in [0.29, 0.717) is 22.4 Å². The van der Waals surface area contributed by atoms with Crippen molar-refractivity contribution in [3.05, 3.63) is 206 Å². The van der Waals surface area contributed by atoms with E-state index in [1.54, 1.807) is 6.07 Å². The van der Waals surface area contributed by atoms with Gasteiger partial charge in [0.25, 0.3) is 0 Å². The number of nitrogens with zero attached hydrogens (tertiary/aromatic N) is 4. The van der Waals surface area contributed by atoms with Gasteiger partial charge in [-0.1, -0.05) is 146 Å². The Morgan fingerprint density at radius 1 is 0.367 bits per heavy atom. The molecular weight excluding hydrogens is 750 g/mol. The van der Waals surface area contributed by atoms with Crippen molar-refractivity contribution in [2.24, 2.45) is 0 Å². The van der Waals surface area contributed by atoms with Crippen molar-refractivity contribution < 1.29 is 13.2 Å². The zero-order valence-electron chi connectivity index (χ0n) is 32.0. The molecule has 3 heterocycles. The molecule has 0 saturated heterocycles. The van der Waals surface area contributed by atoms with E-state index in [4.69, 9.17) is 9.97 Å². The number of aromatic nitrogens is 4. The maximum atomic E-state index is 14.3. The molecule has 0 amide bonds. The molecule has 11 aromatic rings. The summed E-state index contributed by atoms with van der Waals surface area (Å²) >= 11 is 0. The molecule has 0 atom stereocenters. The smallest absolute Gasteiger partial charge is 0.309 e. The van der Waals surface area contributed by atoms with Crippen LogP contribution in [0.3, 0.4) is 0 Å². The Morgan fingerprint density at radius 2 is 0.850 bits per heavy atom. The molecule has 0 aliphatic heterocycles. The summed E-state index contributed by atoms with van der Waals surface area (Å²) in [6, 6.07) is 65.1. The second-order valence-corrected chi connectivity index (χ2v) is 14.9. The minimum absolute atomic E-state index is 0.521. The van der Waals surface area contributed by atoms with E-state index >= 15 is 0 Å². The first-order valence-electron chi connectivity index (χ1n) is 19.7. The second-order valence-electron chi connectivity index (χ2n) is 14.9. The van der Waals surface area contributed by atoms with Crippen molar-refractivity contribution in [2.45, 2.75) is 6.18 Å². The van der Waals surface area contributed by atoms with Gasteiger partial charge in [-0.2, -0.15) is 13.2 Å². The van der Waals surface area contributed by atoms with Crippen LogP contribution in [-0.4, -0.2) is 19.1 Å². The van der Waals surface area contributed by atoms with Gasteiger partial charge in [0.2, 0.25) is 0 Å². The number of para-hydroxylation sites is 4. The molecule has 0 radical (unpaired) electrons. The third-order valence-corrected chi connectivity index (χ3v) is 11.4. The number of rotatable bonds is 6. The SMILES string of the molecule is FC(F)(F)c1ccc2c(c1)c1ccccc1n2-c1cccc(-c2cc(-c3ccccc3)nc(-c3ccccc3)n2)c1-c1ccccc1-n1c2ccccc2c2ccccc21. The van der Waals surface area contributed by atoms with E-state index in [0.717, 1.165) is 77.6 Å². The first-order chi connectivity index (χ1) is 29.4. The predicted octanol–water partition coefficient (Wildman–Crippen LogP) is 14.4. The molecule has 8 aromatic carbocycles. The van der Waals surface area contributed by atoms with Crippen LogP contribution in [0.4, 0.5) is 13.2 Å². The summed E-state index contributed by atoms with van der Waals surface area (Å²) in [5.41, 5.74) is 10.6. The average Bonchev–Trinajstić information content (AvgIpc) is 3.81. The van der Waals surface area contributed by atoms with Gasteiger partial charge in [0.05, 0.1) is 50.4 Å². The summed E-state index contributed by atoms with van der Waals surface area (Å²) in [6.45, 7) is 0. The fourth-order valence-electron chi connectivity index (χ4n) is 8.75. The lowest BCUT2D eigenvalue weighted by Gasteiger charge is -2.22. The minimum atomic E-state index is -4.50. The summed E-state index contributed by atoms with van der Waals surface area (Å²) in [5, 5.41) is 3.52. The number of benzene rings is 8. The van der Waals surface area contributed by atoms with Gasteiger partial charge in [0.15, 0.2) is 5.82 Å². The zero-order chi connectivity index (χ0) is 40.4. The number of hydrogen-bond acceptors (Lipinski definition) is 2. The molecule has 286 valence electrons. The van der Waals surface area contributed by atoms with Gasteiger partial charge in [-0.3, -0.25) is 0 Å². The fraction of sp³-hybridized carbons (Fsp3) is 0.0189. The van der Waals surface area contributed by atoms with Crippen LogP contribution in [-0.2, 0) is 6.18 Å². The second kappa shape index (κ2) is 14.0. The van der Waals surface area contributed by atoms with Gasteiger partial charge in [-0.05, 0) is 54.6 Å². The largest absolute Gasteiger partial charge is 0.416 e. The lowest BCUT2D eigenvalue weighted by molar-refractivity contribution is -0.137. The van der Waals surface area contributed by atoms with Gasteiger partial charge in [-0.25, -0.2) is 9.97 Å². The highest BCUT2D eigenvalue weighted by atomic mass is 19.4. The summed E-state index contributed by atoms with van der Waals surface area (Å²) in [5.74, 6) is 0.579. The first-order valence-corrected chi connectivity index (χ1v) is 19.7. The molecule has 0 spiro atoms. The molecule has 7 heteroatoms. The summed E-state index contributed by atoms with van der Waals surface area (Å²) in [4.78, 5) is 10.4. The zero-order valence-corrected chi connectivity index (χ0v) is 32.0. The lowest BCUT2D eigenvalue weighted by Crippen LogP contribution is -2.05. The molecule has 0 unspecified atom stereocenters. The Morgan fingerprint density at radius 3 is 1.50 bits per heavy atom. The Balaban J connectivity index is 1.28. The first kappa shape index (κ1) is 35.4. The van der Waals surface area contributed by atoms with Crippen molar-refractivity contribution >= 4 is 43.6 Å². The quantitative estimate of drug-likeness (QED) is 0.168. The molecular formula is C53H33F3N4. The minimum Gasteiger partial charge on any atom is -0.309 e. The van der Waals surface area contributed by atoms with E-state index < -0.39 is 11.7 Å². The topological polar surface area (TPSA) is 35.6 Å². The summed E-state index contributed by atoms with van der Waals surface area (Å²) in [7, 11) is 0. The highest BCUT2D eigenvalue weighted by molar-refractivity contribution is 6.12. The number of alkyl halides is 3. The van der Waals surface area contributed by atoms with Crippen LogP contribution in [0.1, 0.15) is 5.56 Å². The van der Waals surface area contributed by atoms with Gasteiger partial charge < -0.3 is 9.13 Å². The van der Waals surface area contributed by atoms with Crippen molar-refractivity contribution in [3.8, 4) is 56.4 Å². The van der Waals surface area contributed by atoms with Gasteiger partial charge in [0, 0.05) is 49.4 Å². The van der Waals surface area contributed by atoms with E-state index in [1.165, 1.54) is 12.1 Å². The molecule has 0 fully saturated rings. The fourth-order valence-corrected chi connectivity index (χ4v) is 8.75. The Labute approximate surface area is 343 Å². The highest BCUT2D eigenvalue weighted by Crippen LogP contribution is 2.45. The summed E-state index contributed by atoms with van der Waals surface area (Å²) < 4.78 is 47.2. The molecule has 0 saturated carbocycles. The maximum Gasteiger partial charge on any atom is 0.416 e. The maximum absolute atomic E-state index is 14.3. The van der Waals surface area contributed by atoms with Crippen LogP contribution in [0, 0.1) is 0 Å². The van der Waals surface area contributed by atoms with E-state index in [2.05, 4.69) is 88.0 Å². The number of halogens is 3. The Bertz CT molecular complexity index is 3310. The van der Waals surface area contributed by atoms with Crippen molar-refractivity contribution in [3.63, 3.8) is 0 Å². The number of fused-ring (bicyclic) bond motifs is 6. The third kappa shape index (κ3) is 5.77. The van der Waals surface area contributed by atoms with Crippen LogP contribution >= 0.6 is 0 Å². The molecule has 3 aromatic heterocycles. The van der Waals surface area contributed by atoms with Crippen LogP contribution in [0.15, 0.2) is 200 Å². The monoisotopic (exact) mass is 782 g/mol. The normalized spacial score (nSPS) is 11.9. The highest BCUT2D eigenvalue weighted by Gasteiger charge is 2.32. The number of hydrogen-bond donors (Lipinski definition) is 0. The van der Waals surface area contributed by atoms with Crippen LogP contribution in [0.25, 0.3) is 100 Å². The standard InChI is InChI=1S/C53H33F3N4/c54-53(55,56)36-30-31-49-42(32-36)39-22-9-13-27-47(39)60(49)50-29-15-24-40(44-33-43(34-16-3-1-4-17-34)57-52(58-44)35-18-5-2-6-19-35)51(50)41-23-10-14-28-48(41)59-45-25-11-7-20-37(45)38-21-8-12-26-46(38)59/h1-33H. The van der Waals surface area contributed by atoms with E-state index in [1.807, 2.05) is 103 Å². The van der Waals surface area contributed by atoms with Gasteiger partial charge in [-0.15, -0.1) is 0 Å². The van der Waals surface area contributed by atoms with Gasteiger partial charge >= 0.3 is 6.18 Å². The predicted molar refractivity (Wildman–Crippen MR) is 237 cm³/mol. The lowest BCUT2D eigenvalue weighted by atomic mass is 9.93. The van der Waals surface area contributed by atoms with Crippen molar-refractivity contribution in [2.75, 3.05) is 0 Å². The average molecular weight is 783 g/mol.